The molecule has 0 atom stereocenters. The van der Waals surface area contributed by atoms with E-state index in [1.807, 2.05) is 0 Å². The lowest BCUT2D eigenvalue weighted by Crippen LogP contribution is -2.41. The molecule has 0 bridgehead atoms. The molecule has 0 spiro atoms. The molecule has 2 aromatic heterocycles. The lowest BCUT2D eigenvalue weighted by atomic mass is 10.2. The minimum atomic E-state index is -5.08. The van der Waals surface area contributed by atoms with Crippen LogP contribution in [0.15, 0.2) is 55.6 Å². The van der Waals surface area contributed by atoms with E-state index >= 15 is 0 Å². The van der Waals surface area contributed by atoms with Gasteiger partial charge in [0.1, 0.15) is 36.2 Å². The van der Waals surface area contributed by atoms with E-state index in [0.717, 1.165) is 12.1 Å². The van der Waals surface area contributed by atoms with Crippen molar-refractivity contribution in [3.8, 4) is 11.4 Å². The normalized spacial score (nSPS) is 11.9. The first kappa shape index (κ1) is 35.9. The summed E-state index contributed by atoms with van der Waals surface area (Å²) in [5.41, 5.74) is -11.6. The summed E-state index contributed by atoms with van der Waals surface area (Å²) in [5.74, 6) is -2.59. The van der Waals surface area contributed by atoms with Gasteiger partial charge < -0.3 is 9.47 Å². The number of halogens is 10. The summed E-state index contributed by atoms with van der Waals surface area (Å²) < 4.78 is 119. The van der Waals surface area contributed by atoms with Crippen molar-refractivity contribution in [1.29, 1.82) is 0 Å². The van der Waals surface area contributed by atoms with E-state index < -0.39 is 98.7 Å². The summed E-state index contributed by atoms with van der Waals surface area (Å²) in [6.45, 7) is -1.64. The van der Waals surface area contributed by atoms with Crippen LogP contribution in [0.1, 0.15) is 22.5 Å². The molecule has 48 heavy (non-hydrogen) atoms. The van der Waals surface area contributed by atoms with Gasteiger partial charge in [0.2, 0.25) is 0 Å². The summed E-state index contributed by atoms with van der Waals surface area (Å²) in [5, 5.41) is -0.814. The van der Waals surface area contributed by atoms with Gasteiger partial charge in [0.15, 0.2) is 0 Å². The molecular weight excluding hydrogens is 715 g/mol. The summed E-state index contributed by atoms with van der Waals surface area (Å²) in [4.78, 5) is 62.2. The maximum Gasteiger partial charge on any atom is 0.508 e. The molecule has 2 aromatic carbocycles. The van der Waals surface area contributed by atoms with E-state index in [4.69, 9.17) is 32.7 Å². The average molecular weight is 731 g/mol. The summed E-state index contributed by atoms with van der Waals surface area (Å²) in [6, 6.07) is 2.84. The van der Waals surface area contributed by atoms with Gasteiger partial charge in [-0.3, -0.25) is 18.7 Å². The maximum absolute atomic E-state index is 14.7. The average Bonchev–Trinajstić information content (AvgIpc) is 2.96. The number of ether oxygens (including phenoxy) is 2. The van der Waals surface area contributed by atoms with Gasteiger partial charge in [-0.15, -0.1) is 0 Å². The van der Waals surface area contributed by atoms with Crippen molar-refractivity contribution in [2.75, 3.05) is 0 Å². The van der Waals surface area contributed by atoms with Crippen molar-refractivity contribution in [1.82, 2.24) is 18.3 Å². The third kappa shape index (κ3) is 7.01. The molecule has 0 saturated carbocycles. The van der Waals surface area contributed by atoms with E-state index in [1.165, 1.54) is 0 Å². The highest BCUT2D eigenvalue weighted by Gasteiger charge is 2.36. The molecule has 0 aliphatic rings. The molecule has 4 rings (SSSR count). The minimum Gasteiger partial charge on any atom is -0.429 e. The largest absolute Gasteiger partial charge is 0.508 e. The molecule has 21 heteroatoms. The number of nitrogens with zero attached hydrogens (tertiary/aromatic N) is 4. The molecule has 0 unspecified atom stereocenters. The maximum atomic E-state index is 14.7. The number of rotatable bonds is 6. The van der Waals surface area contributed by atoms with Crippen LogP contribution in [0.2, 0.25) is 10.0 Å². The quantitative estimate of drug-likeness (QED) is 0.205. The predicted molar refractivity (Wildman–Crippen MR) is 149 cm³/mol. The Labute approximate surface area is 270 Å². The number of benzene rings is 2. The van der Waals surface area contributed by atoms with Gasteiger partial charge in [0.25, 0.3) is 11.1 Å². The van der Waals surface area contributed by atoms with E-state index in [9.17, 15) is 59.1 Å². The molecule has 0 aliphatic carbocycles. The van der Waals surface area contributed by atoms with Gasteiger partial charge in [-0.25, -0.2) is 32.3 Å². The highest BCUT2D eigenvalue weighted by atomic mass is 35.5. The first-order valence-electron chi connectivity index (χ1n) is 12.7. The number of carbonyl (C=O) groups excluding carboxylic acids is 1. The zero-order chi connectivity index (χ0) is 36.0. The van der Waals surface area contributed by atoms with Crippen LogP contribution in [-0.4, -0.2) is 24.4 Å². The Balaban J connectivity index is 1.57. The molecular formula is C27H16Cl2F8N4O7. The SMILES string of the molecule is Cn1c(C(F)(F)F)cc(=O)n(-c2cc(COC(=O)OCc3cc(-n4c(=O)cc(C(F)(F)F)n(C)c4=O)c(F)cc3Cl)c(Cl)cc2F)c1=O. The monoisotopic (exact) mass is 730 g/mol. The Kier molecular flexibility index (Phi) is 9.69. The summed E-state index contributed by atoms with van der Waals surface area (Å²) >= 11 is 11.9. The smallest absolute Gasteiger partial charge is 0.429 e. The van der Waals surface area contributed by atoms with Crippen LogP contribution in [0, 0.1) is 11.6 Å². The first-order chi connectivity index (χ1) is 22.1. The number of hydrogen-bond donors (Lipinski definition) is 0. The van der Waals surface area contributed by atoms with Crippen molar-refractivity contribution in [3.05, 3.63) is 122 Å². The second-order valence-electron chi connectivity index (χ2n) is 9.70. The van der Waals surface area contributed by atoms with E-state index in [2.05, 4.69) is 0 Å². The Morgan fingerprint density at radius 2 is 0.979 bits per heavy atom. The summed E-state index contributed by atoms with van der Waals surface area (Å²) in [6.07, 6.45) is -11.6. The first-order valence-corrected chi connectivity index (χ1v) is 13.5. The molecule has 11 nitrogen and oxygen atoms in total. The molecule has 0 amide bonds. The molecule has 256 valence electrons. The number of aromatic nitrogens is 4. The van der Waals surface area contributed by atoms with Gasteiger partial charge in [-0.05, 0) is 24.3 Å². The second-order valence-corrected chi connectivity index (χ2v) is 10.5. The number of alkyl halides is 6. The number of carbonyl (C=O) groups is 1. The Morgan fingerprint density at radius 1 is 0.646 bits per heavy atom. The Bertz CT molecular complexity index is 2050. The highest BCUT2D eigenvalue weighted by molar-refractivity contribution is 6.31. The third-order valence-corrected chi connectivity index (χ3v) is 7.33. The third-order valence-electron chi connectivity index (χ3n) is 6.63. The van der Waals surface area contributed by atoms with Gasteiger partial charge >= 0.3 is 29.9 Å². The molecule has 4 aromatic rings. The van der Waals surface area contributed by atoms with Crippen LogP contribution < -0.4 is 22.5 Å². The van der Waals surface area contributed by atoms with Crippen molar-refractivity contribution < 1.29 is 49.4 Å². The zero-order valence-corrected chi connectivity index (χ0v) is 25.3. The fourth-order valence-electron chi connectivity index (χ4n) is 4.28. The van der Waals surface area contributed by atoms with Crippen LogP contribution in [0.25, 0.3) is 11.4 Å². The van der Waals surface area contributed by atoms with E-state index in [0.29, 0.717) is 26.2 Å². The van der Waals surface area contributed by atoms with Crippen LogP contribution in [0.4, 0.5) is 39.9 Å². The van der Waals surface area contributed by atoms with Gasteiger partial charge in [-0.2, -0.15) is 26.3 Å². The zero-order valence-electron chi connectivity index (χ0n) is 23.8. The summed E-state index contributed by atoms with van der Waals surface area (Å²) in [7, 11) is 1.40. The van der Waals surface area contributed by atoms with Crippen molar-refractivity contribution >= 4 is 29.4 Å². The standard InChI is InChI=1S/C27H16Cl2F8N4O7/c1-38-19(26(32,33)34)7-21(42)40(23(38)44)17-3-11(13(28)5-15(17)30)9-47-25(46)48-10-12-4-18(16(31)6-14(12)29)41-22(43)8-20(27(35,36)37)39(2)24(41)45/h3-8H,9-10H2,1-2H3. The Morgan fingerprint density at radius 3 is 1.29 bits per heavy atom. The van der Waals surface area contributed by atoms with Crippen molar-refractivity contribution in [2.24, 2.45) is 14.1 Å². The molecule has 0 fully saturated rings. The highest BCUT2D eigenvalue weighted by Crippen LogP contribution is 2.29. The lowest BCUT2D eigenvalue weighted by Gasteiger charge is -2.16. The van der Waals surface area contributed by atoms with Crippen molar-refractivity contribution in [2.45, 2.75) is 25.6 Å². The van der Waals surface area contributed by atoms with Gasteiger partial charge in [-0.1, -0.05) is 23.2 Å². The topological polar surface area (TPSA) is 124 Å². The van der Waals surface area contributed by atoms with Gasteiger partial charge in [0.05, 0.1) is 21.4 Å². The van der Waals surface area contributed by atoms with Crippen LogP contribution in [0.3, 0.4) is 0 Å². The lowest BCUT2D eigenvalue weighted by molar-refractivity contribution is -0.144. The van der Waals surface area contributed by atoms with Gasteiger partial charge in [0, 0.05) is 37.4 Å². The van der Waals surface area contributed by atoms with E-state index in [-0.39, 0.29) is 41.5 Å². The fraction of sp³-hybridized carbons (Fsp3) is 0.222. The molecule has 0 saturated heterocycles. The molecule has 0 N–H and O–H groups in total. The molecule has 2 heterocycles. The van der Waals surface area contributed by atoms with Crippen LogP contribution in [0.5, 0.6) is 0 Å². The predicted octanol–water partition coefficient (Wildman–Crippen LogP) is 4.86. The Hall–Kier alpha value is -4.91. The number of hydrogen-bond acceptors (Lipinski definition) is 7. The molecule has 0 radical (unpaired) electrons. The van der Waals surface area contributed by atoms with E-state index in [1.54, 1.807) is 0 Å². The van der Waals surface area contributed by atoms with Crippen LogP contribution >= 0.6 is 23.2 Å². The van der Waals surface area contributed by atoms with Crippen molar-refractivity contribution in [3.63, 3.8) is 0 Å². The fourth-order valence-corrected chi connectivity index (χ4v) is 4.69. The van der Waals surface area contributed by atoms with Crippen LogP contribution in [-0.2, 0) is 49.1 Å². The minimum absolute atomic E-state index is 0.0702. The second kappa shape index (κ2) is 12.9. The molecule has 0 aliphatic heterocycles.